The van der Waals surface area contributed by atoms with Gasteiger partial charge in [0.2, 0.25) is 0 Å². The fourth-order valence-corrected chi connectivity index (χ4v) is 4.62. The second-order valence-electron chi connectivity index (χ2n) is 6.25. The molecule has 0 radical (unpaired) electrons. The Labute approximate surface area is 120 Å². The highest BCUT2D eigenvalue weighted by Gasteiger charge is 2.34. The second-order valence-corrected chi connectivity index (χ2v) is 8.55. The highest BCUT2D eigenvalue weighted by molar-refractivity contribution is 7.91. The van der Waals surface area contributed by atoms with Gasteiger partial charge in [0.15, 0.2) is 0 Å². The zero-order valence-corrected chi connectivity index (χ0v) is 12.6. The summed E-state index contributed by atoms with van der Waals surface area (Å²) in [6.07, 6.45) is 2.44. The molecule has 0 unspecified atom stereocenters. The van der Waals surface area contributed by atoms with Gasteiger partial charge >= 0.3 is 0 Å². The van der Waals surface area contributed by atoms with Crippen LogP contribution in [0.2, 0.25) is 0 Å². The Morgan fingerprint density at radius 3 is 2.80 bits per heavy atom. The van der Waals surface area contributed by atoms with Gasteiger partial charge in [-0.05, 0) is 43.0 Å². The maximum atomic E-state index is 11.5. The average molecular weight is 295 g/mol. The Morgan fingerprint density at radius 2 is 2.05 bits per heavy atom. The number of hydrogen-bond acceptors (Lipinski definition) is 4. The average Bonchev–Trinajstić information content (AvgIpc) is 2.88. The molecule has 4 nitrogen and oxygen atoms in total. The van der Waals surface area contributed by atoms with Gasteiger partial charge in [0, 0.05) is 17.6 Å². The van der Waals surface area contributed by atoms with Crippen LogP contribution in [0.4, 0.5) is 5.69 Å². The zero-order valence-electron chi connectivity index (χ0n) is 11.8. The molecule has 0 aliphatic carbocycles. The Hall–Kier alpha value is -1.23. The van der Waals surface area contributed by atoms with E-state index in [-0.39, 0.29) is 5.41 Å². The monoisotopic (exact) mass is 295 g/mol. The van der Waals surface area contributed by atoms with E-state index in [9.17, 15) is 8.42 Å². The van der Waals surface area contributed by atoms with Crippen LogP contribution >= 0.6 is 0 Å². The number of anilines is 1. The van der Waals surface area contributed by atoms with Gasteiger partial charge in [-0.2, -0.15) is 0 Å². The van der Waals surface area contributed by atoms with Crippen molar-refractivity contribution < 1.29 is 13.2 Å². The topological polar surface area (TPSA) is 55.4 Å². The smallest absolute Gasteiger partial charge is 0.150 e. The lowest BCUT2D eigenvalue weighted by Crippen LogP contribution is -2.35. The first-order chi connectivity index (χ1) is 9.46. The van der Waals surface area contributed by atoms with E-state index in [0.717, 1.165) is 18.7 Å². The van der Waals surface area contributed by atoms with Crippen LogP contribution in [0.5, 0.6) is 5.75 Å². The number of sulfone groups is 1. The molecule has 2 heterocycles. The number of benzene rings is 1. The van der Waals surface area contributed by atoms with E-state index in [1.807, 2.05) is 6.07 Å². The van der Waals surface area contributed by atoms with E-state index in [1.165, 1.54) is 11.3 Å². The van der Waals surface area contributed by atoms with Crippen molar-refractivity contribution in [3.63, 3.8) is 0 Å². The van der Waals surface area contributed by atoms with Crippen LogP contribution in [-0.4, -0.2) is 33.1 Å². The maximum absolute atomic E-state index is 11.5. The summed E-state index contributed by atoms with van der Waals surface area (Å²) in [7, 11) is -2.81. The quantitative estimate of drug-likeness (QED) is 0.929. The van der Waals surface area contributed by atoms with Gasteiger partial charge in [-0.1, -0.05) is 6.92 Å². The standard InChI is InChI=1S/C15H21NO3S/c1-15(5-8-20(17,18)9-6-15)11-19-13-2-3-14-12(10-13)4-7-16-14/h2-3,10,16H,4-9,11H2,1H3. The lowest BCUT2D eigenvalue weighted by atomic mass is 9.85. The molecule has 2 aliphatic heterocycles. The van der Waals surface area contributed by atoms with Gasteiger partial charge in [-0.25, -0.2) is 8.42 Å². The first kappa shape index (κ1) is 13.7. The van der Waals surface area contributed by atoms with Crippen LogP contribution in [0.25, 0.3) is 0 Å². The third-order valence-corrected chi connectivity index (χ3v) is 6.06. The Balaban J connectivity index is 1.62. The minimum absolute atomic E-state index is 0.0252. The van der Waals surface area contributed by atoms with Gasteiger partial charge in [0.1, 0.15) is 15.6 Å². The molecule has 0 bridgehead atoms. The molecule has 1 aromatic carbocycles. The molecular formula is C15H21NO3S. The Kier molecular flexibility index (Phi) is 3.40. The van der Waals surface area contributed by atoms with E-state index in [1.54, 1.807) is 0 Å². The molecule has 1 saturated heterocycles. The molecule has 0 atom stereocenters. The molecule has 110 valence electrons. The number of hydrogen-bond donors (Lipinski definition) is 1. The highest BCUT2D eigenvalue weighted by atomic mass is 32.2. The zero-order chi connectivity index (χ0) is 14.2. The van der Waals surface area contributed by atoms with Crippen LogP contribution in [-0.2, 0) is 16.3 Å². The first-order valence-corrected chi connectivity index (χ1v) is 8.98. The number of nitrogens with one attached hydrogen (secondary N) is 1. The predicted octanol–water partition coefficient (Wildman–Crippen LogP) is 2.25. The largest absolute Gasteiger partial charge is 0.493 e. The van der Waals surface area contributed by atoms with Crippen LogP contribution in [0, 0.1) is 5.41 Å². The summed E-state index contributed by atoms with van der Waals surface area (Å²) >= 11 is 0. The fourth-order valence-electron chi connectivity index (χ4n) is 2.80. The summed E-state index contributed by atoms with van der Waals surface area (Å²) in [5.74, 6) is 1.48. The molecule has 3 rings (SSSR count). The molecule has 5 heteroatoms. The van der Waals surface area contributed by atoms with Crippen LogP contribution < -0.4 is 10.1 Å². The van der Waals surface area contributed by atoms with Crippen LogP contribution in [0.3, 0.4) is 0 Å². The lowest BCUT2D eigenvalue weighted by Gasteiger charge is -2.33. The van der Waals surface area contributed by atoms with Gasteiger partial charge in [0.05, 0.1) is 18.1 Å². The summed E-state index contributed by atoms with van der Waals surface area (Å²) < 4.78 is 28.9. The number of ether oxygens (including phenoxy) is 1. The number of fused-ring (bicyclic) bond motifs is 1. The van der Waals surface area contributed by atoms with Gasteiger partial charge in [0.25, 0.3) is 0 Å². The fraction of sp³-hybridized carbons (Fsp3) is 0.600. The van der Waals surface area contributed by atoms with Crippen molar-refractivity contribution in [2.45, 2.75) is 26.2 Å². The summed E-state index contributed by atoms with van der Waals surface area (Å²) in [5, 5.41) is 3.33. The predicted molar refractivity (Wildman–Crippen MR) is 80.1 cm³/mol. The van der Waals surface area contributed by atoms with Gasteiger partial charge in [-0.3, -0.25) is 0 Å². The van der Waals surface area contributed by atoms with Crippen molar-refractivity contribution in [3.8, 4) is 5.75 Å². The van der Waals surface area contributed by atoms with Gasteiger partial charge in [-0.15, -0.1) is 0 Å². The summed E-state index contributed by atoms with van der Waals surface area (Å²) in [4.78, 5) is 0. The van der Waals surface area contributed by atoms with E-state index in [4.69, 9.17) is 4.74 Å². The maximum Gasteiger partial charge on any atom is 0.150 e. The van der Waals surface area contributed by atoms with E-state index in [0.29, 0.717) is 31.0 Å². The molecule has 0 amide bonds. The second kappa shape index (κ2) is 4.95. The molecule has 1 aromatic rings. The van der Waals surface area contributed by atoms with E-state index in [2.05, 4.69) is 24.4 Å². The normalized spacial score (nSPS) is 22.9. The molecule has 0 aromatic heterocycles. The third kappa shape index (κ3) is 2.92. The summed E-state index contributed by atoms with van der Waals surface area (Å²) in [6.45, 7) is 3.71. The number of rotatable bonds is 3. The molecule has 1 N–H and O–H groups in total. The summed E-state index contributed by atoms with van der Waals surface area (Å²) in [5.41, 5.74) is 2.48. The SMILES string of the molecule is CC1(COc2ccc3c(c2)CCN3)CCS(=O)(=O)CC1. The Morgan fingerprint density at radius 1 is 1.30 bits per heavy atom. The molecule has 0 spiro atoms. The molecule has 1 fully saturated rings. The lowest BCUT2D eigenvalue weighted by molar-refractivity contribution is 0.149. The van der Waals surface area contributed by atoms with Crippen molar-refractivity contribution in [2.24, 2.45) is 5.41 Å². The molecule has 0 saturated carbocycles. The van der Waals surface area contributed by atoms with Crippen molar-refractivity contribution in [1.29, 1.82) is 0 Å². The minimum atomic E-state index is -2.81. The van der Waals surface area contributed by atoms with Crippen molar-refractivity contribution >= 4 is 15.5 Å². The summed E-state index contributed by atoms with van der Waals surface area (Å²) in [6, 6.07) is 6.14. The van der Waals surface area contributed by atoms with Crippen molar-refractivity contribution in [2.75, 3.05) is 30.0 Å². The van der Waals surface area contributed by atoms with Crippen LogP contribution in [0.1, 0.15) is 25.3 Å². The highest BCUT2D eigenvalue weighted by Crippen LogP contribution is 2.33. The van der Waals surface area contributed by atoms with Crippen LogP contribution in [0.15, 0.2) is 18.2 Å². The van der Waals surface area contributed by atoms with Crippen molar-refractivity contribution in [3.05, 3.63) is 23.8 Å². The Bertz CT molecular complexity index is 596. The van der Waals surface area contributed by atoms with E-state index < -0.39 is 9.84 Å². The molecular weight excluding hydrogens is 274 g/mol. The van der Waals surface area contributed by atoms with E-state index >= 15 is 0 Å². The molecule has 20 heavy (non-hydrogen) atoms. The molecule has 2 aliphatic rings. The van der Waals surface area contributed by atoms with Crippen molar-refractivity contribution in [1.82, 2.24) is 0 Å². The minimum Gasteiger partial charge on any atom is -0.493 e. The van der Waals surface area contributed by atoms with Gasteiger partial charge < -0.3 is 10.1 Å². The third-order valence-electron chi connectivity index (χ3n) is 4.41. The first-order valence-electron chi connectivity index (χ1n) is 7.16.